The molecule has 12 heteroatoms. The number of carbonyl (C=O) groups excluding carboxylic acids is 5. The van der Waals surface area contributed by atoms with E-state index in [0.29, 0.717) is 28.1 Å². The first-order chi connectivity index (χ1) is 25.7. The molecule has 0 saturated heterocycles. The fraction of sp³-hybridized carbons (Fsp3) is 0.500. The first-order valence-electron chi connectivity index (χ1n) is 18.8. The van der Waals surface area contributed by atoms with Gasteiger partial charge in [-0.25, -0.2) is 0 Å². The van der Waals surface area contributed by atoms with Crippen molar-refractivity contribution in [3.63, 3.8) is 0 Å². The van der Waals surface area contributed by atoms with E-state index in [-0.39, 0.29) is 45.1 Å². The molecule has 0 N–H and O–H groups in total. The predicted molar refractivity (Wildman–Crippen MR) is 212 cm³/mol. The van der Waals surface area contributed by atoms with E-state index < -0.39 is 46.3 Å². The number of nitrogens with zero attached hydrogens (tertiary/aromatic N) is 3. The molecule has 0 bridgehead atoms. The van der Waals surface area contributed by atoms with Gasteiger partial charge in [-0.2, -0.15) is 0 Å². The monoisotopic (exact) mass is 771 g/mol. The van der Waals surface area contributed by atoms with Crippen LogP contribution in [0.5, 0.6) is 0 Å². The van der Waals surface area contributed by atoms with Crippen molar-refractivity contribution >= 4 is 29.7 Å². The van der Waals surface area contributed by atoms with Gasteiger partial charge in [-0.05, 0) is 124 Å². The van der Waals surface area contributed by atoms with Crippen molar-refractivity contribution in [2.45, 2.75) is 119 Å². The smallest absolute Gasteiger partial charge is 0.320 e. The van der Waals surface area contributed by atoms with Crippen LogP contribution in [0.1, 0.15) is 110 Å². The third-order valence-corrected chi connectivity index (χ3v) is 7.85. The minimum atomic E-state index is -0.754. The van der Waals surface area contributed by atoms with Crippen LogP contribution in [0.2, 0.25) is 0 Å². The lowest BCUT2D eigenvalue weighted by Crippen LogP contribution is -2.40. The zero-order valence-corrected chi connectivity index (χ0v) is 35.0. The summed E-state index contributed by atoms with van der Waals surface area (Å²) in [6.45, 7) is 20.3. The standard InChI is InChI=1S/C44H57N3O9/c1-41(2,3)53-36(48)24-46(25-37(49)54-42(4,5)6)22-30-19-29(28-17-18-33-32-15-13-14-16-34(32)40(52)35(33)21-28)20-31(45-30)23-47(26-38(50)55-43(7,8)9)27-39(51)56-44(10,11)12/h13-21H,22-27H2,1-12H3. The molecule has 0 unspecified atom stereocenters. The Labute approximate surface area is 330 Å². The molecule has 1 heterocycles. The van der Waals surface area contributed by atoms with Crippen LogP contribution in [-0.4, -0.2) is 93.0 Å². The normalized spacial score (nSPS) is 13.0. The van der Waals surface area contributed by atoms with Gasteiger partial charge in [0.1, 0.15) is 22.4 Å². The molecule has 4 rings (SSSR count). The van der Waals surface area contributed by atoms with Crippen LogP contribution in [0.3, 0.4) is 0 Å². The molecule has 1 aromatic heterocycles. The van der Waals surface area contributed by atoms with Gasteiger partial charge in [-0.1, -0.05) is 36.4 Å². The summed E-state index contributed by atoms with van der Waals surface area (Å²) in [5, 5.41) is 0. The quantitative estimate of drug-likeness (QED) is 0.103. The molecule has 12 nitrogen and oxygen atoms in total. The van der Waals surface area contributed by atoms with Crippen LogP contribution in [0.4, 0.5) is 0 Å². The molecule has 302 valence electrons. The van der Waals surface area contributed by atoms with E-state index in [0.717, 1.165) is 16.7 Å². The van der Waals surface area contributed by atoms with E-state index in [1.165, 1.54) is 0 Å². The average Bonchev–Trinajstić information content (AvgIpc) is 3.28. The molecule has 1 aliphatic carbocycles. The van der Waals surface area contributed by atoms with Crippen LogP contribution in [0.15, 0.2) is 54.6 Å². The summed E-state index contributed by atoms with van der Waals surface area (Å²) in [4.78, 5) is 74.0. The number of carbonyl (C=O) groups is 5. The number of ether oxygens (including phenoxy) is 4. The lowest BCUT2D eigenvalue weighted by atomic mass is 9.98. The molecule has 0 radical (unpaired) electrons. The zero-order chi connectivity index (χ0) is 41.8. The van der Waals surface area contributed by atoms with Crippen molar-refractivity contribution < 1.29 is 42.9 Å². The highest BCUT2D eigenvalue weighted by Crippen LogP contribution is 2.38. The second-order valence-electron chi connectivity index (χ2n) is 18.1. The van der Waals surface area contributed by atoms with Crippen molar-refractivity contribution in [1.29, 1.82) is 0 Å². The predicted octanol–water partition coefficient (Wildman–Crippen LogP) is 6.93. The van der Waals surface area contributed by atoms with Gasteiger partial charge in [0.15, 0.2) is 5.78 Å². The van der Waals surface area contributed by atoms with Crippen molar-refractivity contribution in [1.82, 2.24) is 14.8 Å². The topological polar surface area (TPSA) is 142 Å². The zero-order valence-electron chi connectivity index (χ0n) is 35.0. The third kappa shape index (κ3) is 13.7. The number of rotatable bonds is 13. The summed E-state index contributed by atoms with van der Waals surface area (Å²) in [6, 6.07) is 16.8. The summed E-state index contributed by atoms with van der Waals surface area (Å²) >= 11 is 0. The highest BCUT2D eigenvalue weighted by atomic mass is 16.6. The summed E-state index contributed by atoms with van der Waals surface area (Å²) in [7, 11) is 0. The van der Waals surface area contributed by atoms with E-state index in [2.05, 4.69) is 0 Å². The Morgan fingerprint density at radius 2 is 0.839 bits per heavy atom. The molecule has 3 aromatic rings. The van der Waals surface area contributed by atoms with E-state index >= 15 is 0 Å². The Hall–Kier alpha value is -4.94. The Balaban J connectivity index is 1.79. The molecule has 56 heavy (non-hydrogen) atoms. The summed E-state index contributed by atoms with van der Waals surface area (Å²) in [6.07, 6.45) is 0. The maximum absolute atomic E-state index is 13.5. The number of benzene rings is 2. The van der Waals surface area contributed by atoms with Gasteiger partial charge < -0.3 is 18.9 Å². The lowest BCUT2D eigenvalue weighted by molar-refractivity contribution is -0.162. The number of hydrogen-bond acceptors (Lipinski definition) is 12. The summed E-state index contributed by atoms with van der Waals surface area (Å²) in [5.74, 6) is -2.20. The minimum Gasteiger partial charge on any atom is -0.459 e. The van der Waals surface area contributed by atoms with Gasteiger partial charge >= 0.3 is 23.9 Å². The molecular formula is C44H57N3O9. The van der Waals surface area contributed by atoms with Crippen LogP contribution in [0, 0.1) is 0 Å². The third-order valence-electron chi connectivity index (χ3n) is 7.85. The van der Waals surface area contributed by atoms with Crippen molar-refractivity contribution in [2.24, 2.45) is 0 Å². The lowest BCUT2D eigenvalue weighted by Gasteiger charge is -2.27. The number of ketones is 1. The SMILES string of the molecule is CC(C)(C)OC(=O)CN(CC(=O)OC(C)(C)C)Cc1cc(-c2ccc3c(c2)C(=O)c2ccccc2-3)cc(CN(CC(=O)OC(C)(C)C)CC(=O)OC(C)(C)C)n1. The van der Waals surface area contributed by atoms with E-state index in [4.69, 9.17) is 23.9 Å². The maximum atomic E-state index is 13.5. The Morgan fingerprint density at radius 3 is 1.21 bits per heavy atom. The van der Waals surface area contributed by atoms with E-state index in [1.54, 1.807) is 92.9 Å². The first-order valence-corrected chi connectivity index (χ1v) is 18.8. The van der Waals surface area contributed by atoms with Gasteiger partial charge in [0.2, 0.25) is 0 Å². The Kier molecular flexibility index (Phi) is 13.3. The van der Waals surface area contributed by atoms with E-state index in [9.17, 15) is 24.0 Å². The maximum Gasteiger partial charge on any atom is 0.320 e. The van der Waals surface area contributed by atoms with Crippen molar-refractivity contribution in [2.75, 3.05) is 26.2 Å². The molecule has 0 fully saturated rings. The first kappa shape index (κ1) is 43.8. The molecule has 0 amide bonds. The van der Waals surface area contributed by atoms with Gasteiger partial charge in [0.25, 0.3) is 0 Å². The Bertz CT molecular complexity index is 1820. The van der Waals surface area contributed by atoms with Crippen LogP contribution < -0.4 is 0 Å². The second-order valence-corrected chi connectivity index (χ2v) is 18.1. The van der Waals surface area contributed by atoms with Gasteiger partial charge in [0, 0.05) is 24.2 Å². The fourth-order valence-electron chi connectivity index (χ4n) is 6.20. The highest BCUT2D eigenvalue weighted by Gasteiger charge is 2.29. The molecule has 0 atom stereocenters. The average molecular weight is 772 g/mol. The molecule has 0 saturated carbocycles. The van der Waals surface area contributed by atoms with Gasteiger partial charge in [-0.15, -0.1) is 0 Å². The number of esters is 4. The Morgan fingerprint density at radius 1 is 0.482 bits per heavy atom. The molecule has 0 aliphatic heterocycles. The van der Waals surface area contributed by atoms with Crippen LogP contribution in [-0.2, 0) is 51.2 Å². The minimum absolute atomic E-state index is 0.0345. The summed E-state index contributed by atoms with van der Waals surface area (Å²) < 4.78 is 22.4. The van der Waals surface area contributed by atoms with Crippen LogP contribution >= 0.6 is 0 Å². The summed E-state index contributed by atoms with van der Waals surface area (Å²) in [5.41, 5.74) is 2.28. The van der Waals surface area contributed by atoms with Gasteiger partial charge in [0.05, 0.1) is 37.6 Å². The van der Waals surface area contributed by atoms with E-state index in [1.807, 2.05) is 54.6 Å². The molecule has 0 spiro atoms. The second kappa shape index (κ2) is 17.1. The van der Waals surface area contributed by atoms with Crippen LogP contribution in [0.25, 0.3) is 22.3 Å². The van der Waals surface area contributed by atoms with Crippen molar-refractivity contribution in [3.05, 3.63) is 77.1 Å². The highest BCUT2D eigenvalue weighted by molar-refractivity contribution is 6.22. The largest absolute Gasteiger partial charge is 0.459 e. The van der Waals surface area contributed by atoms with Crippen molar-refractivity contribution in [3.8, 4) is 22.3 Å². The molecule has 1 aliphatic rings. The molecule has 2 aromatic carbocycles. The number of aromatic nitrogens is 1. The number of hydrogen-bond donors (Lipinski definition) is 0. The molecular weight excluding hydrogens is 714 g/mol. The number of fused-ring (bicyclic) bond motifs is 3. The fourth-order valence-corrected chi connectivity index (χ4v) is 6.20. The van der Waals surface area contributed by atoms with Gasteiger partial charge in [-0.3, -0.25) is 38.8 Å². The number of pyridine rings is 1.